The first-order chi connectivity index (χ1) is 12.6. The van der Waals surface area contributed by atoms with Gasteiger partial charge in [-0.3, -0.25) is 9.59 Å². The van der Waals surface area contributed by atoms with Gasteiger partial charge >= 0.3 is 5.97 Å². The van der Waals surface area contributed by atoms with Gasteiger partial charge in [0.1, 0.15) is 6.29 Å². The van der Waals surface area contributed by atoms with Crippen LogP contribution < -0.4 is 5.73 Å². The molecule has 0 spiro atoms. The SMILES string of the molecule is CCOC(=O)Cc1ccccc1.NCC1CC1.O=Cc1cccc(Br)c1. The molecule has 0 bridgehead atoms. The van der Waals surface area contributed by atoms with Crippen molar-refractivity contribution in [1.29, 1.82) is 0 Å². The van der Waals surface area contributed by atoms with Crippen molar-refractivity contribution in [2.24, 2.45) is 11.7 Å². The van der Waals surface area contributed by atoms with Gasteiger partial charge < -0.3 is 10.5 Å². The van der Waals surface area contributed by atoms with Gasteiger partial charge in [0.2, 0.25) is 0 Å². The average molecular weight is 420 g/mol. The van der Waals surface area contributed by atoms with E-state index in [1.54, 1.807) is 12.1 Å². The van der Waals surface area contributed by atoms with Gasteiger partial charge in [0, 0.05) is 10.0 Å². The number of aldehydes is 1. The normalized spacial score (nSPS) is 12.0. The molecule has 3 rings (SSSR count). The van der Waals surface area contributed by atoms with Gasteiger partial charge in [-0.15, -0.1) is 0 Å². The molecular weight excluding hydrogens is 394 g/mol. The molecule has 1 saturated carbocycles. The smallest absolute Gasteiger partial charge is 0.310 e. The van der Waals surface area contributed by atoms with Gasteiger partial charge in [-0.2, -0.15) is 0 Å². The summed E-state index contributed by atoms with van der Waals surface area (Å²) in [5, 5.41) is 0. The first kappa shape index (κ1) is 22.1. The largest absolute Gasteiger partial charge is 0.466 e. The highest BCUT2D eigenvalue weighted by Crippen LogP contribution is 2.26. The van der Waals surface area contributed by atoms with Gasteiger partial charge in [-0.25, -0.2) is 0 Å². The fourth-order valence-corrected chi connectivity index (χ4v) is 2.32. The summed E-state index contributed by atoms with van der Waals surface area (Å²) in [6.07, 6.45) is 3.96. The molecule has 0 unspecified atom stereocenters. The number of nitrogens with two attached hydrogens (primary N) is 1. The Morgan fingerprint density at radius 3 is 2.31 bits per heavy atom. The van der Waals surface area contributed by atoms with Gasteiger partial charge in [-0.05, 0) is 49.9 Å². The molecule has 26 heavy (non-hydrogen) atoms. The molecule has 0 aromatic heterocycles. The van der Waals surface area contributed by atoms with E-state index in [1.165, 1.54) is 12.8 Å². The monoisotopic (exact) mass is 419 g/mol. The van der Waals surface area contributed by atoms with Crippen LogP contribution in [0.25, 0.3) is 0 Å². The first-order valence-corrected chi connectivity index (χ1v) is 9.48. The van der Waals surface area contributed by atoms with E-state index in [1.807, 2.05) is 49.4 Å². The number of ether oxygens (including phenoxy) is 1. The Morgan fingerprint density at radius 1 is 1.19 bits per heavy atom. The van der Waals surface area contributed by atoms with E-state index in [9.17, 15) is 9.59 Å². The Morgan fingerprint density at radius 2 is 1.88 bits per heavy atom. The summed E-state index contributed by atoms with van der Waals surface area (Å²) < 4.78 is 5.74. The van der Waals surface area contributed by atoms with Crippen LogP contribution in [0.4, 0.5) is 0 Å². The molecule has 2 aromatic carbocycles. The number of hydrogen-bond acceptors (Lipinski definition) is 4. The zero-order chi connectivity index (χ0) is 19.2. The van der Waals surface area contributed by atoms with Crippen molar-refractivity contribution in [3.63, 3.8) is 0 Å². The van der Waals surface area contributed by atoms with E-state index in [2.05, 4.69) is 15.9 Å². The van der Waals surface area contributed by atoms with Crippen LogP contribution in [0.2, 0.25) is 0 Å². The van der Waals surface area contributed by atoms with Crippen molar-refractivity contribution >= 4 is 28.2 Å². The summed E-state index contributed by atoms with van der Waals surface area (Å²) in [4.78, 5) is 21.1. The lowest BCUT2D eigenvalue weighted by molar-refractivity contribution is -0.142. The summed E-state index contributed by atoms with van der Waals surface area (Å²) in [6.45, 7) is 3.18. The molecule has 0 amide bonds. The Balaban J connectivity index is 0.000000211. The van der Waals surface area contributed by atoms with Crippen molar-refractivity contribution in [2.75, 3.05) is 13.2 Å². The van der Waals surface area contributed by atoms with Crippen molar-refractivity contribution in [3.8, 4) is 0 Å². The molecule has 0 saturated heterocycles. The quantitative estimate of drug-likeness (QED) is 0.575. The van der Waals surface area contributed by atoms with E-state index >= 15 is 0 Å². The molecule has 1 aliphatic rings. The van der Waals surface area contributed by atoms with Crippen molar-refractivity contribution < 1.29 is 14.3 Å². The molecule has 2 N–H and O–H groups in total. The number of hydrogen-bond donors (Lipinski definition) is 1. The van der Waals surface area contributed by atoms with Crippen LogP contribution >= 0.6 is 15.9 Å². The maximum atomic E-state index is 11.0. The summed E-state index contributed by atoms with van der Waals surface area (Å²) >= 11 is 3.24. The Hall–Kier alpha value is -1.98. The minimum absolute atomic E-state index is 0.163. The summed E-state index contributed by atoms with van der Waals surface area (Å²) in [5.74, 6) is 0.749. The fraction of sp³-hybridized carbons (Fsp3) is 0.333. The molecule has 0 radical (unpaired) electrons. The minimum Gasteiger partial charge on any atom is -0.466 e. The van der Waals surface area contributed by atoms with Gasteiger partial charge in [0.15, 0.2) is 0 Å². The third-order valence-corrected chi connectivity index (χ3v) is 4.00. The van der Waals surface area contributed by atoms with E-state index in [0.29, 0.717) is 18.6 Å². The Labute approximate surface area is 163 Å². The van der Waals surface area contributed by atoms with Crippen molar-refractivity contribution in [2.45, 2.75) is 26.2 Å². The molecule has 2 aromatic rings. The third-order valence-electron chi connectivity index (χ3n) is 3.51. The van der Waals surface area contributed by atoms with Gasteiger partial charge in [-0.1, -0.05) is 58.4 Å². The summed E-state index contributed by atoms with van der Waals surface area (Å²) in [5.41, 5.74) is 6.93. The average Bonchev–Trinajstić information content (AvgIpc) is 3.48. The van der Waals surface area contributed by atoms with Crippen LogP contribution in [0, 0.1) is 5.92 Å². The number of esters is 1. The van der Waals surface area contributed by atoms with Crippen LogP contribution in [-0.2, 0) is 16.0 Å². The number of rotatable bonds is 5. The predicted molar refractivity (Wildman–Crippen MR) is 108 cm³/mol. The first-order valence-electron chi connectivity index (χ1n) is 8.69. The van der Waals surface area contributed by atoms with E-state index in [4.69, 9.17) is 10.5 Å². The number of carbonyl (C=O) groups excluding carboxylic acids is 2. The van der Waals surface area contributed by atoms with Crippen LogP contribution in [-0.4, -0.2) is 25.4 Å². The molecule has 5 heteroatoms. The second kappa shape index (κ2) is 13.3. The molecule has 140 valence electrons. The lowest BCUT2D eigenvalue weighted by atomic mass is 10.2. The highest BCUT2D eigenvalue weighted by atomic mass is 79.9. The Kier molecular flexibility index (Phi) is 11.2. The van der Waals surface area contributed by atoms with Crippen LogP contribution in [0.5, 0.6) is 0 Å². The molecule has 1 aliphatic carbocycles. The van der Waals surface area contributed by atoms with Crippen molar-refractivity contribution in [1.82, 2.24) is 0 Å². The molecule has 4 nitrogen and oxygen atoms in total. The highest BCUT2D eigenvalue weighted by Gasteiger charge is 2.17. The Bertz CT molecular complexity index is 657. The third kappa shape index (κ3) is 10.8. The second-order valence-corrected chi connectivity index (χ2v) is 6.74. The van der Waals surface area contributed by atoms with E-state index < -0.39 is 0 Å². The van der Waals surface area contributed by atoms with Crippen LogP contribution in [0.15, 0.2) is 59.1 Å². The summed E-state index contributed by atoms with van der Waals surface area (Å²) in [7, 11) is 0. The maximum Gasteiger partial charge on any atom is 0.310 e. The molecule has 0 atom stereocenters. The second-order valence-electron chi connectivity index (χ2n) is 5.82. The predicted octanol–water partition coefficient (Wildman–Crippen LogP) is 4.41. The summed E-state index contributed by atoms with van der Waals surface area (Å²) in [6, 6.07) is 16.8. The van der Waals surface area contributed by atoms with Crippen LogP contribution in [0.1, 0.15) is 35.7 Å². The topological polar surface area (TPSA) is 69.4 Å². The molecular formula is C21H26BrNO3. The standard InChI is InChI=1S/C10H12O2.C7H5BrO.C4H9N/c1-2-12-10(11)8-9-6-4-3-5-7-9;8-7-3-1-2-6(4-7)5-9;5-3-4-1-2-4/h3-7H,2,8H2,1H3;1-5H;4H,1-3,5H2. The number of carbonyl (C=O) groups is 2. The van der Waals surface area contributed by atoms with Gasteiger partial charge in [0.05, 0.1) is 13.0 Å². The zero-order valence-electron chi connectivity index (χ0n) is 15.1. The minimum atomic E-state index is -0.163. The lowest BCUT2D eigenvalue weighted by Crippen LogP contribution is -2.06. The number of halogens is 1. The molecule has 1 fully saturated rings. The van der Waals surface area contributed by atoms with Crippen molar-refractivity contribution in [3.05, 3.63) is 70.2 Å². The van der Waals surface area contributed by atoms with Gasteiger partial charge in [0.25, 0.3) is 0 Å². The highest BCUT2D eigenvalue weighted by molar-refractivity contribution is 9.10. The lowest BCUT2D eigenvalue weighted by Gasteiger charge is -2.00. The van der Waals surface area contributed by atoms with E-state index in [-0.39, 0.29) is 5.97 Å². The number of benzene rings is 2. The van der Waals surface area contributed by atoms with E-state index in [0.717, 1.165) is 28.8 Å². The molecule has 0 heterocycles. The molecule has 0 aliphatic heterocycles. The fourth-order valence-electron chi connectivity index (χ4n) is 1.91. The van der Waals surface area contributed by atoms with Crippen LogP contribution in [0.3, 0.4) is 0 Å². The zero-order valence-corrected chi connectivity index (χ0v) is 16.7. The maximum absolute atomic E-state index is 11.0.